The van der Waals surface area contributed by atoms with Crippen LogP contribution in [0.2, 0.25) is 0 Å². The van der Waals surface area contributed by atoms with Crippen LogP contribution >= 0.6 is 0 Å². The van der Waals surface area contributed by atoms with E-state index in [-0.39, 0.29) is 24.5 Å². The summed E-state index contributed by atoms with van der Waals surface area (Å²) in [5.74, 6) is -0.233. The zero-order chi connectivity index (χ0) is 11.3. The van der Waals surface area contributed by atoms with Crippen LogP contribution in [0.5, 0.6) is 0 Å². The molecule has 1 rings (SSSR count). The zero-order valence-corrected chi connectivity index (χ0v) is 9.10. The van der Waals surface area contributed by atoms with Gasteiger partial charge in [-0.05, 0) is 19.4 Å². The van der Waals surface area contributed by atoms with E-state index in [9.17, 15) is 4.79 Å². The second-order valence-corrected chi connectivity index (χ2v) is 3.72. The number of aliphatic hydroxyl groups is 1. The van der Waals surface area contributed by atoms with Gasteiger partial charge in [0, 0.05) is 6.04 Å². The van der Waals surface area contributed by atoms with E-state index in [1.165, 1.54) is 0 Å². The SMILES string of the molecule is CC(CO)NC(=O)C(C)c1ccccc1. The van der Waals surface area contributed by atoms with E-state index in [0.717, 1.165) is 5.56 Å². The predicted octanol–water partition coefficient (Wildman–Crippen LogP) is 1.29. The number of aliphatic hydroxyl groups excluding tert-OH is 1. The number of hydrogen-bond acceptors (Lipinski definition) is 2. The lowest BCUT2D eigenvalue weighted by Gasteiger charge is -2.15. The molecular weight excluding hydrogens is 190 g/mol. The molecule has 0 aliphatic rings. The fourth-order valence-electron chi connectivity index (χ4n) is 1.31. The highest BCUT2D eigenvalue weighted by molar-refractivity contribution is 5.83. The summed E-state index contributed by atoms with van der Waals surface area (Å²) in [6, 6.07) is 9.40. The molecule has 0 fully saturated rings. The molecule has 0 aliphatic heterocycles. The minimum absolute atomic E-state index is 0.0345. The molecule has 0 heterocycles. The fraction of sp³-hybridized carbons (Fsp3) is 0.417. The van der Waals surface area contributed by atoms with Crippen molar-refractivity contribution in [3.63, 3.8) is 0 Å². The second kappa shape index (κ2) is 5.51. The van der Waals surface area contributed by atoms with Gasteiger partial charge < -0.3 is 10.4 Å². The smallest absolute Gasteiger partial charge is 0.227 e. The van der Waals surface area contributed by atoms with Gasteiger partial charge in [0.1, 0.15) is 0 Å². The van der Waals surface area contributed by atoms with Gasteiger partial charge >= 0.3 is 0 Å². The lowest BCUT2D eigenvalue weighted by atomic mass is 10.0. The van der Waals surface area contributed by atoms with E-state index in [0.29, 0.717) is 0 Å². The molecule has 1 aromatic rings. The summed E-state index contributed by atoms with van der Waals surface area (Å²) in [4.78, 5) is 11.7. The first kappa shape index (κ1) is 11.7. The molecule has 1 amide bonds. The van der Waals surface area contributed by atoms with Crippen LogP contribution < -0.4 is 5.32 Å². The van der Waals surface area contributed by atoms with Gasteiger partial charge in [0.2, 0.25) is 5.91 Å². The summed E-state index contributed by atoms with van der Waals surface area (Å²) in [7, 11) is 0. The Morgan fingerprint density at radius 1 is 1.33 bits per heavy atom. The van der Waals surface area contributed by atoms with Crippen LogP contribution in [0.15, 0.2) is 30.3 Å². The Morgan fingerprint density at radius 2 is 1.93 bits per heavy atom. The van der Waals surface area contributed by atoms with Gasteiger partial charge in [-0.25, -0.2) is 0 Å². The third kappa shape index (κ3) is 3.36. The van der Waals surface area contributed by atoms with Crippen molar-refractivity contribution in [2.45, 2.75) is 25.8 Å². The van der Waals surface area contributed by atoms with E-state index in [1.807, 2.05) is 37.3 Å². The van der Waals surface area contributed by atoms with Crippen molar-refractivity contribution < 1.29 is 9.90 Å². The van der Waals surface area contributed by atoms with Crippen molar-refractivity contribution in [3.05, 3.63) is 35.9 Å². The van der Waals surface area contributed by atoms with Crippen LogP contribution in [-0.2, 0) is 4.79 Å². The maximum absolute atomic E-state index is 11.7. The quantitative estimate of drug-likeness (QED) is 0.781. The topological polar surface area (TPSA) is 49.3 Å². The van der Waals surface area contributed by atoms with E-state index < -0.39 is 0 Å². The van der Waals surface area contributed by atoms with Gasteiger partial charge in [-0.15, -0.1) is 0 Å². The molecule has 0 aliphatic carbocycles. The minimum Gasteiger partial charge on any atom is -0.394 e. The van der Waals surface area contributed by atoms with Gasteiger partial charge in [0.15, 0.2) is 0 Å². The third-order valence-electron chi connectivity index (χ3n) is 2.36. The Morgan fingerprint density at radius 3 is 2.47 bits per heavy atom. The minimum atomic E-state index is -0.191. The third-order valence-corrected chi connectivity index (χ3v) is 2.36. The molecule has 0 bridgehead atoms. The second-order valence-electron chi connectivity index (χ2n) is 3.72. The molecule has 3 heteroatoms. The van der Waals surface area contributed by atoms with Crippen molar-refractivity contribution >= 4 is 5.91 Å². The van der Waals surface area contributed by atoms with Crippen molar-refractivity contribution in [2.24, 2.45) is 0 Å². The molecule has 2 N–H and O–H groups in total. The molecule has 1 aromatic carbocycles. The first-order valence-electron chi connectivity index (χ1n) is 5.11. The first-order valence-corrected chi connectivity index (χ1v) is 5.11. The summed E-state index contributed by atoms with van der Waals surface area (Å²) in [5.41, 5.74) is 0.986. The standard InChI is InChI=1S/C12H17NO2/c1-9(8-14)13-12(15)10(2)11-6-4-3-5-7-11/h3-7,9-10,14H,8H2,1-2H3,(H,13,15). The highest BCUT2D eigenvalue weighted by Crippen LogP contribution is 2.14. The van der Waals surface area contributed by atoms with Crippen molar-refractivity contribution in [1.29, 1.82) is 0 Å². The van der Waals surface area contributed by atoms with Crippen LogP contribution in [0.1, 0.15) is 25.3 Å². The molecule has 2 unspecified atom stereocenters. The molecule has 0 aromatic heterocycles. The summed E-state index contributed by atoms with van der Waals surface area (Å²) in [6.45, 7) is 3.59. The Labute approximate surface area is 90.1 Å². The number of carbonyl (C=O) groups excluding carboxylic acids is 1. The molecule has 0 saturated carbocycles. The Balaban J connectivity index is 2.61. The largest absolute Gasteiger partial charge is 0.394 e. The zero-order valence-electron chi connectivity index (χ0n) is 9.10. The summed E-state index contributed by atoms with van der Waals surface area (Å²) in [5, 5.41) is 11.6. The first-order chi connectivity index (χ1) is 7.15. The average Bonchev–Trinajstić information content (AvgIpc) is 2.29. The van der Waals surface area contributed by atoms with E-state index >= 15 is 0 Å². The molecule has 82 valence electrons. The molecule has 0 spiro atoms. The molecule has 2 atom stereocenters. The number of benzene rings is 1. The lowest BCUT2D eigenvalue weighted by molar-refractivity contribution is -0.123. The van der Waals surface area contributed by atoms with Gasteiger partial charge in [-0.2, -0.15) is 0 Å². The van der Waals surface area contributed by atoms with Gasteiger partial charge in [0.25, 0.3) is 0 Å². The van der Waals surface area contributed by atoms with E-state index in [4.69, 9.17) is 5.11 Å². The summed E-state index contributed by atoms with van der Waals surface area (Å²) >= 11 is 0. The lowest BCUT2D eigenvalue weighted by Crippen LogP contribution is -2.37. The number of amides is 1. The molecule has 0 saturated heterocycles. The van der Waals surface area contributed by atoms with Crippen LogP contribution in [0.25, 0.3) is 0 Å². The number of nitrogens with one attached hydrogen (secondary N) is 1. The molecular formula is C12H17NO2. The number of rotatable bonds is 4. The molecule has 3 nitrogen and oxygen atoms in total. The maximum atomic E-state index is 11.7. The number of carbonyl (C=O) groups is 1. The van der Waals surface area contributed by atoms with Crippen LogP contribution in [0.4, 0.5) is 0 Å². The Kier molecular flexibility index (Phi) is 4.31. The summed E-state index contributed by atoms with van der Waals surface area (Å²) in [6.07, 6.45) is 0. The maximum Gasteiger partial charge on any atom is 0.227 e. The molecule has 0 radical (unpaired) electrons. The Hall–Kier alpha value is -1.35. The fourth-order valence-corrected chi connectivity index (χ4v) is 1.31. The van der Waals surface area contributed by atoms with Crippen molar-refractivity contribution in [1.82, 2.24) is 5.32 Å². The average molecular weight is 207 g/mol. The van der Waals surface area contributed by atoms with Crippen LogP contribution in [0, 0.1) is 0 Å². The van der Waals surface area contributed by atoms with Gasteiger partial charge in [-0.1, -0.05) is 30.3 Å². The number of hydrogen-bond donors (Lipinski definition) is 2. The van der Waals surface area contributed by atoms with Crippen LogP contribution in [0.3, 0.4) is 0 Å². The van der Waals surface area contributed by atoms with E-state index in [2.05, 4.69) is 5.32 Å². The molecule has 15 heavy (non-hydrogen) atoms. The van der Waals surface area contributed by atoms with Crippen molar-refractivity contribution in [3.8, 4) is 0 Å². The van der Waals surface area contributed by atoms with Gasteiger partial charge in [-0.3, -0.25) is 4.79 Å². The van der Waals surface area contributed by atoms with Gasteiger partial charge in [0.05, 0.1) is 12.5 Å². The normalized spacial score (nSPS) is 14.3. The monoisotopic (exact) mass is 207 g/mol. The van der Waals surface area contributed by atoms with E-state index in [1.54, 1.807) is 6.92 Å². The predicted molar refractivity (Wildman–Crippen MR) is 59.5 cm³/mol. The highest BCUT2D eigenvalue weighted by Gasteiger charge is 2.15. The van der Waals surface area contributed by atoms with Crippen LogP contribution in [-0.4, -0.2) is 23.7 Å². The summed E-state index contributed by atoms with van der Waals surface area (Å²) < 4.78 is 0. The van der Waals surface area contributed by atoms with Crippen molar-refractivity contribution in [2.75, 3.05) is 6.61 Å². The highest BCUT2D eigenvalue weighted by atomic mass is 16.3. The Bertz CT molecular complexity index is 311.